The van der Waals surface area contributed by atoms with Crippen LogP contribution in [0.1, 0.15) is 21.5 Å². The maximum atomic E-state index is 11.2. The summed E-state index contributed by atoms with van der Waals surface area (Å²) in [5, 5.41) is 19.2. The van der Waals surface area contributed by atoms with Gasteiger partial charge in [-0.3, -0.25) is 0 Å². The van der Waals surface area contributed by atoms with Gasteiger partial charge in [0.1, 0.15) is 5.75 Å². The Kier molecular flexibility index (Phi) is 4.40. The normalized spacial score (nSPS) is 16.8. The first-order valence-corrected chi connectivity index (χ1v) is 8.05. The number of aromatic carboxylic acids is 1. The van der Waals surface area contributed by atoms with Gasteiger partial charge in [0.05, 0.1) is 10.7 Å². The van der Waals surface area contributed by atoms with Gasteiger partial charge >= 0.3 is 13.1 Å². The zero-order chi connectivity index (χ0) is 15.5. The van der Waals surface area contributed by atoms with E-state index in [1.807, 2.05) is 36.4 Å². The maximum absolute atomic E-state index is 11.2. The lowest BCUT2D eigenvalue weighted by Gasteiger charge is -2.28. The summed E-state index contributed by atoms with van der Waals surface area (Å²) in [5.41, 5.74) is 2.11. The standard InChI is InChI=1S/C16H15BO4S/c18-16(19)13-8-4-7-12-9-14(17(20)21-15(12)13)22-10-11-5-2-1-3-6-11/h1-8,14,20H,9-10H2,(H,18,19). The van der Waals surface area contributed by atoms with Gasteiger partial charge in [0.2, 0.25) is 0 Å². The van der Waals surface area contributed by atoms with Crippen LogP contribution >= 0.6 is 11.8 Å². The number of benzene rings is 2. The van der Waals surface area contributed by atoms with E-state index in [0.29, 0.717) is 12.2 Å². The highest BCUT2D eigenvalue weighted by molar-refractivity contribution is 8.00. The number of carbonyl (C=O) groups is 1. The van der Waals surface area contributed by atoms with Crippen LogP contribution in [0, 0.1) is 0 Å². The van der Waals surface area contributed by atoms with Gasteiger partial charge in [0.15, 0.2) is 0 Å². The molecule has 0 amide bonds. The summed E-state index contributed by atoms with van der Waals surface area (Å²) < 4.78 is 5.48. The SMILES string of the molecule is O=C(O)c1cccc2c1OB(O)C(SCc1ccccc1)C2. The number of rotatable bonds is 4. The number of hydrogen-bond donors (Lipinski definition) is 2. The first-order chi connectivity index (χ1) is 10.6. The van der Waals surface area contributed by atoms with Crippen molar-refractivity contribution in [3.8, 4) is 5.75 Å². The average Bonchev–Trinajstić information content (AvgIpc) is 2.53. The molecule has 112 valence electrons. The van der Waals surface area contributed by atoms with Gasteiger partial charge in [-0.25, -0.2) is 4.79 Å². The van der Waals surface area contributed by atoms with Crippen molar-refractivity contribution >= 4 is 24.8 Å². The molecule has 1 heterocycles. The van der Waals surface area contributed by atoms with E-state index in [4.69, 9.17) is 4.65 Å². The number of para-hydroxylation sites is 1. The van der Waals surface area contributed by atoms with E-state index in [2.05, 4.69) is 0 Å². The molecule has 0 saturated carbocycles. The molecule has 1 aliphatic heterocycles. The highest BCUT2D eigenvalue weighted by Crippen LogP contribution is 2.34. The van der Waals surface area contributed by atoms with Crippen molar-refractivity contribution in [3.63, 3.8) is 0 Å². The van der Waals surface area contributed by atoms with Crippen LogP contribution in [0.25, 0.3) is 0 Å². The molecule has 0 aliphatic carbocycles. The minimum Gasteiger partial charge on any atom is -0.535 e. The second kappa shape index (κ2) is 6.46. The third kappa shape index (κ3) is 3.13. The van der Waals surface area contributed by atoms with Crippen molar-refractivity contribution in [2.24, 2.45) is 0 Å². The molecular weight excluding hydrogens is 299 g/mol. The summed E-state index contributed by atoms with van der Waals surface area (Å²) in [6, 6.07) is 15.1. The molecule has 1 aliphatic rings. The van der Waals surface area contributed by atoms with E-state index in [0.717, 1.165) is 11.3 Å². The summed E-state index contributed by atoms with van der Waals surface area (Å²) in [7, 11) is -0.998. The van der Waals surface area contributed by atoms with Crippen LogP contribution in [0.3, 0.4) is 0 Å². The third-order valence-corrected chi connectivity index (χ3v) is 4.94. The van der Waals surface area contributed by atoms with Crippen LogP contribution in [0.15, 0.2) is 48.5 Å². The van der Waals surface area contributed by atoms with E-state index < -0.39 is 13.1 Å². The Morgan fingerprint density at radius 3 is 2.73 bits per heavy atom. The Labute approximate surface area is 133 Å². The summed E-state index contributed by atoms with van der Waals surface area (Å²) in [5.74, 6) is 0.0263. The van der Waals surface area contributed by atoms with Gasteiger partial charge in [-0.15, -0.1) is 0 Å². The van der Waals surface area contributed by atoms with Crippen molar-refractivity contribution in [3.05, 3.63) is 65.2 Å². The number of hydrogen-bond acceptors (Lipinski definition) is 4. The van der Waals surface area contributed by atoms with Crippen molar-refractivity contribution < 1.29 is 19.6 Å². The molecule has 0 fully saturated rings. The quantitative estimate of drug-likeness (QED) is 0.849. The van der Waals surface area contributed by atoms with Crippen molar-refractivity contribution in [1.82, 2.24) is 0 Å². The summed E-state index contributed by atoms with van der Waals surface area (Å²) in [6.07, 6.45) is 0.592. The van der Waals surface area contributed by atoms with Crippen LogP contribution in [-0.2, 0) is 12.2 Å². The first kappa shape index (κ1) is 15.0. The highest BCUT2D eigenvalue weighted by atomic mass is 32.2. The summed E-state index contributed by atoms with van der Waals surface area (Å²) in [6.45, 7) is 0. The topological polar surface area (TPSA) is 66.8 Å². The largest absolute Gasteiger partial charge is 0.536 e. The molecular formula is C16H15BO4S. The minimum atomic E-state index is -1.04. The zero-order valence-corrected chi connectivity index (χ0v) is 12.6. The molecule has 2 aromatic rings. The molecule has 1 atom stereocenters. The fourth-order valence-corrected chi connectivity index (χ4v) is 3.60. The Bertz CT molecular complexity index is 677. The van der Waals surface area contributed by atoms with Crippen LogP contribution in [0.2, 0.25) is 0 Å². The molecule has 0 radical (unpaired) electrons. The minimum absolute atomic E-state index is 0.100. The Balaban J connectivity index is 1.74. The first-order valence-electron chi connectivity index (χ1n) is 7.00. The predicted octanol–water partition coefficient (Wildman–Crippen LogP) is 2.64. The fourth-order valence-electron chi connectivity index (χ4n) is 2.49. The molecule has 4 nitrogen and oxygen atoms in total. The Hall–Kier alpha value is -1.92. The number of carboxylic acid groups (broad SMARTS) is 1. The second-order valence-corrected chi connectivity index (χ2v) is 6.37. The highest BCUT2D eigenvalue weighted by Gasteiger charge is 2.36. The fraction of sp³-hybridized carbons (Fsp3) is 0.188. The smallest absolute Gasteiger partial charge is 0.535 e. The van der Waals surface area contributed by atoms with Gasteiger partial charge < -0.3 is 14.8 Å². The van der Waals surface area contributed by atoms with Crippen molar-refractivity contribution in [2.75, 3.05) is 0 Å². The number of thioether (sulfide) groups is 1. The molecule has 3 rings (SSSR count). The molecule has 2 aromatic carbocycles. The molecule has 0 bridgehead atoms. The third-order valence-electron chi connectivity index (χ3n) is 3.61. The van der Waals surface area contributed by atoms with E-state index >= 15 is 0 Å². The predicted molar refractivity (Wildman–Crippen MR) is 87.2 cm³/mol. The van der Waals surface area contributed by atoms with Crippen molar-refractivity contribution in [2.45, 2.75) is 17.3 Å². The van der Waals surface area contributed by atoms with Gasteiger partial charge in [0, 0.05) is 5.75 Å². The van der Waals surface area contributed by atoms with Gasteiger partial charge in [0.25, 0.3) is 0 Å². The van der Waals surface area contributed by atoms with Crippen LogP contribution < -0.4 is 4.65 Å². The van der Waals surface area contributed by atoms with Gasteiger partial charge in [-0.05, 0) is 23.6 Å². The number of carboxylic acids is 1. The molecule has 22 heavy (non-hydrogen) atoms. The van der Waals surface area contributed by atoms with Gasteiger partial charge in [-0.2, -0.15) is 11.8 Å². The molecule has 1 unspecified atom stereocenters. The molecule has 0 saturated heterocycles. The molecule has 6 heteroatoms. The zero-order valence-electron chi connectivity index (χ0n) is 11.8. The van der Waals surface area contributed by atoms with Crippen molar-refractivity contribution in [1.29, 1.82) is 0 Å². The van der Waals surface area contributed by atoms with E-state index in [-0.39, 0.29) is 10.7 Å². The maximum Gasteiger partial charge on any atom is 0.536 e. The second-order valence-electron chi connectivity index (χ2n) is 5.15. The lowest BCUT2D eigenvalue weighted by Crippen LogP contribution is -2.40. The lowest BCUT2D eigenvalue weighted by atomic mass is 9.77. The lowest BCUT2D eigenvalue weighted by molar-refractivity contribution is 0.0694. The van der Waals surface area contributed by atoms with E-state index in [1.165, 1.54) is 11.6 Å². The van der Waals surface area contributed by atoms with E-state index in [9.17, 15) is 14.9 Å². The molecule has 0 aromatic heterocycles. The Morgan fingerprint density at radius 1 is 1.23 bits per heavy atom. The van der Waals surface area contributed by atoms with Crippen LogP contribution in [-0.4, -0.2) is 28.4 Å². The summed E-state index contributed by atoms with van der Waals surface area (Å²) in [4.78, 5) is 11.2. The number of fused-ring (bicyclic) bond motifs is 1. The monoisotopic (exact) mass is 314 g/mol. The molecule has 0 spiro atoms. The van der Waals surface area contributed by atoms with Crippen LogP contribution in [0.4, 0.5) is 0 Å². The molecule has 2 N–H and O–H groups in total. The van der Waals surface area contributed by atoms with E-state index in [1.54, 1.807) is 17.8 Å². The summed E-state index contributed by atoms with van der Waals surface area (Å²) >= 11 is 1.61. The van der Waals surface area contributed by atoms with Gasteiger partial charge in [-0.1, -0.05) is 42.5 Å². The Morgan fingerprint density at radius 2 is 2.00 bits per heavy atom. The average molecular weight is 314 g/mol. The van der Waals surface area contributed by atoms with Crippen LogP contribution in [0.5, 0.6) is 5.75 Å².